The molecule has 15 heavy (non-hydrogen) atoms. The number of phenolic OH excluding ortho intramolecular Hbond substituents is 1. The zero-order chi connectivity index (χ0) is 10.7. The first-order valence-corrected chi connectivity index (χ1v) is 8.53. The lowest BCUT2D eigenvalue weighted by Crippen LogP contribution is -1.94. The summed E-state index contributed by atoms with van der Waals surface area (Å²) < 4.78 is 1.99. The Balaban J connectivity index is 2.18. The van der Waals surface area contributed by atoms with Crippen molar-refractivity contribution < 1.29 is 5.11 Å². The van der Waals surface area contributed by atoms with Crippen LogP contribution in [0.4, 0.5) is 0 Å². The van der Waals surface area contributed by atoms with E-state index in [1.54, 1.807) is 12.1 Å². The number of aromatic hydroxyl groups is 1. The predicted octanol–water partition coefficient (Wildman–Crippen LogP) is 2.97. The van der Waals surface area contributed by atoms with Crippen LogP contribution in [0.25, 0.3) is 0 Å². The molecule has 0 amide bonds. The highest BCUT2D eigenvalue weighted by Crippen LogP contribution is 2.25. The molecule has 0 saturated carbocycles. The molecule has 78 valence electrons. The van der Waals surface area contributed by atoms with E-state index in [9.17, 15) is 0 Å². The average Bonchev–Trinajstić information content (AvgIpc) is 2.69. The minimum atomic E-state index is 0.308. The summed E-state index contributed by atoms with van der Waals surface area (Å²) in [6.07, 6.45) is 3.31. The summed E-state index contributed by atoms with van der Waals surface area (Å²) in [6.45, 7) is 0. The fraction of sp³-hybridized carbons (Fsp3) is 0.100. The van der Waals surface area contributed by atoms with Crippen molar-refractivity contribution in [3.8, 4) is 5.75 Å². The van der Waals surface area contributed by atoms with Gasteiger partial charge in [-0.05, 0) is 45.8 Å². The van der Waals surface area contributed by atoms with Gasteiger partial charge in [-0.25, -0.2) is 4.45 Å². The largest absolute Gasteiger partial charge is 0.508 e. The molecule has 0 aliphatic carbocycles. The molecule has 1 atom stereocenters. The highest BCUT2D eigenvalue weighted by molar-refractivity contribution is 14.2. The highest BCUT2D eigenvalue weighted by Gasteiger charge is 2.02. The van der Waals surface area contributed by atoms with Gasteiger partial charge in [0.15, 0.2) is 0 Å². The molecule has 1 aromatic heterocycles. The van der Waals surface area contributed by atoms with Crippen LogP contribution in [0.5, 0.6) is 5.75 Å². The zero-order valence-corrected chi connectivity index (χ0v) is 11.0. The second kappa shape index (κ2) is 4.94. The molecule has 1 N–H and O–H groups in total. The van der Waals surface area contributed by atoms with E-state index in [1.165, 1.54) is 11.3 Å². The highest BCUT2D eigenvalue weighted by atomic mass is 127. The molecule has 0 radical (unpaired) electrons. The van der Waals surface area contributed by atoms with Gasteiger partial charge in [0.1, 0.15) is 5.75 Å². The number of phenols is 1. The quantitative estimate of drug-likeness (QED) is 0.693. The van der Waals surface area contributed by atoms with E-state index in [2.05, 4.69) is 27.1 Å². The average molecular weight is 332 g/mol. The van der Waals surface area contributed by atoms with E-state index in [0.717, 1.165) is 6.42 Å². The van der Waals surface area contributed by atoms with Gasteiger partial charge < -0.3 is 5.11 Å². The number of benzene rings is 1. The molecule has 0 fully saturated rings. The Labute approximate surface area is 103 Å². The van der Waals surface area contributed by atoms with Crippen molar-refractivity contribution in [1.82, 2.24) is 9.55 Å². The number of hydrogen-bond acceptors (Lipinski definition) is 2. The van der Waals surface area contributed by atoms with Crippen LogP contribution in [-0.4, -0.2) is 14.7 Å². The summed E-state index contributed by atoms with van der Waals surface area (Å²) in [5.74, 6) is 0.308. The molecule has 1 aromatic carbocycles. The van der Waals surface area contributed by atoms with Crippen LogP contribution in [0.2, 0.25) is 0 Å². The maximum absolute atomic E-state index is 9.17. The van der Waals surface area contributed by atoms with E-state index in [1.807, 2.05) is 28.8 Å². The van der Waals surface area contributed by atoms with Gasteiger partial charge in [0.2, 0.25) is 0 Å². The fourth-order valence-electron chi connectivity index (χ4n) is 1.36. The van der Waals surface area contributed by atoms with Crippen LogP contribution in [-0.2, 0) is 6.42 Å². The first kappa shape index (κ1) is 10.9. The van der Waals surface area contributed by atoms with Crippen LogP contribution in [0.15, 0.2) is 36.5 Å². The third kappa shape index (κ3) is 2.69. The van der Waals surface area contributed by atoms with Gasteiger partial charge in [-0.1, -0.05) is 12.1 Å². The minimum absolute atomic E-state index is 0.308. The third-order valence-electron chi connectivity index (χ3n) is 2.12. The third-order valence-corrected chi connectivity index (χ3v) is 4.06. The van der Waals surface area contributed by atoms with Gasteiger partial charge in [0, 0.05) is 18.3 Å². The van der Waals surface area contributed by atoms with Crippen LogP contribution >= 0.6 is 28.4 Å². The van der Waals surface area contributed by atoms with Gasteiger partial charge in [-0.2, -0.15) is 5.10 Å². The first-order valence-electron chi connectivity index (χ1n) is 4.47. The number of nitrogens with zero attached hydrogens (tertiary/aromatic N) is 2. The Morgan fingerprint density at radius 1 is 1.27 bits per heavy atom. The summed E-state index contributed by atoms with van der Waals surface area (Å²) >= 11 is 2.31. The van der Waals surface area contributed by atoms with Crippen molar-refractivity contribution in [1.29, 1.82) is 0 Å². The lowest BCUT2D eigenvalue weighted by molar-refractivity contribution is 0.475. The monoisotopic (exact) mass is 332 g/mol. The Morgan fingerprint density at radius 2 is 2.00 bits per heavy atom. The fourth-order valence-corrected chi connectivity index (χ4v) is 3.04. The normalized spacial score (nSPS) is 11.3. The van der Waals surface area contributed by atoms with Crippen LogP contribution in [0.3, 0.4) is 0 Å². The van der Waals surface area contributed by atoms with Crippen molar-refractivity contribution in [2.45, 2.75) is 6.42 Å². The molecule has 0 aliphatic heterocycles. The summed E-state index contributed by atoms with van der Waals surface area (Å²) in [7, 11) is 0. The topological polar surface area (TPSA) is 38.1 Å². The van der Waals surface area contributed by atoms with E-state index >= 15 is 0 Å². The van der Waals surface area contributed by atoms with Crippen molar-refractivity contribution in [3.63, 3.8) is 0 Å². The Hall–Kier alpha value is -0.610. The van der Waals surface area contributed by atoms with Gasteiger partial charge in [-0.3, -0.25) is 0 Å². The van der Waals surface area contributed by atoms with Gasteiger partial charge >= 0.3 is 0 Å². The molecule has 5 heteroatoms. The van der Waals surface area contributed by atoms with Crippen molar-refractivity contribution in [3.05, 3.63) is 47.8 Å². The van der Waals surface area contributed by atoms with Crippen LogP contribution < -0.4 is 0 Å². The minimum Gasteiger partial charge on any atom is -0.508 e. The second-order valence-electron chi connectivity index (χ2n) is 3.16. The van der Waals surface area contributed by atoms with Gasteiger partial charge in [0.05, 0.1) is 6.37 Å². The SMILES string of the molecule is Oc1ccc(Cc2ccnn2PI)cc1. The molecule has 2 rings (SSSR count). The molecule has 2 aromatic rings. The number of halogens is 1. The zero-order valence-electron chi connectivity index (χ0n) is 7.89. The Kier molecular flexibility index (Phi) is 3.59. The number of hydrogen-bond donors (Lipinski definition) is 1. The lowest BCUT2D eigenvalue weighted by Gasteiger charge is -2.03. The van der Waals surface area contributed by atoms with E-state index in [-0.39, 0.29) is 0 Å². The maximum Gasteiger partial charge on any atom is 0.115 e. The molecule has 1 heterocycles. The van der Waals surface area contributed by atoms with Crippen molar-refractivity contribution in [2.24, 2.45) is 0 Å². The Bertz CT molecular complexity index is 441. The summed E-state index contributed by atoms with van der Waals surface area (Å²) in [4.78, 5) is 0. The van der Waals surface area contributed by atoms with Crippen LogP contribution in [0.1, 0.15) is 11.3 Å². The lowest BCUT2D eigenvalue weighted by atomic mass is 10.1. The van der Waals surface area contributed by atoms with E-state index < -0.39 is 0 Å². The molecule has 1 unspecified atom stereocenters. The molecular formula is C10H10IN2OP. The van der Waals surface area contributed by atoms with E-state index in [4.69, 9.17) is 5.11 Å². The smallest absolute Gasteiger partial charge is 0.115 e. The second-order valence-corrected chi connectivity index (χ2v) is 5.20. The molecule has 0 saturated heterocycles. The van der Waals surface area contributed by atoms with Crippen molar-refractivity contribution >= 4 is 28.4 Å². The number of rotatable bonds is 3. The summed E-state index contributed by atoms with van der Waals surface area (Å²) in [6, 6.07) is 9.31. The molecule has 0 bridgehead atoms. The van der Waals surface area contributed by atoms with Crippen molar-refractivity contribution in [2.75, 3.05) is 0 Å². The van der Waals surface area contributed by atoms with Gasteiger partial charge in [-0.15, -0.1) is 0 Å². The standard InChI is InChI=1S/C10H10IN2OP/c11-15-13-9(5-6-12-13)7-8-1-3-10(14)4-2-8/h1-6,14-15H,7H2. The molecule has 0 spiro atoms. The number of aromatic nitrogens is 2. The first-order chi connectivity index (χ1) is 7.29. The Morgan fingerprint density at radius 3 is 2.67 bits per heavy atom. The molecular weight excluding hydrogens is 322 g/mol. The van der Waals surface area contributed by atoms with Crippen LogP contribution in [0, 0.1) is 0 Å². The summed E-state index contributed by atoms with van der Waals surface area (Å²) in [5, 5.41) is 13.4. The maximum atomic E-state index is 9.17. The predicted molar refractivity (Wildman–Crippen MR) is 70.9 cm³/mol. The molecule has 3 nitrogen and oxygen atoms in total. The summed E-state index contributed by atoms with van der Waals surface area (Å²) in [5.41, 5.74) is 2.39. The van der Waals surface area contributed by atoms with E-state index in [0.29, 0.717) is 12.1 Å². The molecule has 0 aliphatic rings. The van der Waals surface area contributed by atoms with Gasteiger partial charge in [0.25, 0.3) is 0 Å².